The second-order valence-corrected chi connectivity index (χ2v) is 4.66. The molecule has 0 aromatic carbocycles. The Labute approximate surface area is 91.9 Å². The summed E-state index contributed by atoms with van der Waals surface area (Å²) in [5.74, 6) is 0.670. The highest BCUT2D eigenvalue weighted by atomic mass is 14.7. The molecule has 2 N–H and O–H groups in total. The number of hydrogen-bond acceptors (Lipinski definition) is 2. The Morgan fingerprint density at radius 3 is 2.60 bits per heavy atom. The third kappa shape index (κ3) is 2.57. The molecule has 0 aliphatic heterocycles. The SMILES string of the molecule is Cc1ccc(C(N)C2CCCCC2)cn1. The van der Waals surface area contributed by atoms with Gasteiger partial charge >= 0.3 is 0 Å². The van der Waals surface area contributed by atoms with Crippen molar-refractivity contribution in [3.63, 3.8) is 0 Å². The monoisotopic (exact) mass is 204 g/mol. The van der Waals surface area contributed by atoms with Crippen molar-refractivity contribution in [2.24, 2.45) is 11.7 Å². The van der Waals surface area contributed by atoms with Crippen LogP contribution >= 0.6 is 0 Å². The van der Waals surface area contributed by atoms with Crippen molar-refractivity contribution in [1.82, 2.24) is 4.98 Å². The molecular formula is C13H20N2. The van der Waals surface area contributed by atoms with E-state index in [1.54, 1.807) is 0 Å². The van der Waals surface area contributed by atoms with E-state index in [1.165, 1.54) is 37.7 Å². The van der Waals surface area contributed by atoms with Gasteiger partial charge in [-0.15, -0.1) is 0 Å². The minimum absolute atomic E-state index is 0.193. The van der Waals surface area contributed by atoms with E-state index in [0.29, 0.717) is 5.92 Å². The Bertz CT molecular complexity index is 299. The van der Waals surface area contributed by atoms with E-state index in [1.807, 2.05) is 13.1 Å². The summed E-state index contributed by atoms with van der Waals surface area (Å²) in [4.78, 5) is 4.32. The van der Waals surface area contributed by atoms with Gasteiger partial charge in [-0.2, -0.15) is 0 Å². The summed E-state index contributed by atoms with van der Waals surface area (Å²) in [5, 5.41) is 0. The van der Waals surface area contributed by atoms with Crippen LogP contribution in [0.5, 0.6) is 0 Å². The van der Waals surface area contributed by atoms with Gasteiger partial charge in [-0.1, -0.05) is 25.3 Å². The summed E-state index contributed by atoms with van der Waals surface area (Å²) < 4.78 is 0. The van der Waals surface area contributed by atoms with E-state index >= 15 is 0 Å². The van der Waals surface area contributed by atoms with Gasteiger partial charge in [-0.3, -0.25) is 4.98 Å². The van der Waals surface area contributed by atoms with Crippen LogP contribution in [0.4, 0.5) is 0 Å². The quantitative estimate of drug-likeness (QED) is 0.804. The van der Waals surface area contributed by atoms with Gasteiger partial charge in [0.2, 0.25) is 0 Å². The number of nitrogens with two attached hydrogens (primary N) is 1. The highest BCUT2D eigenvalue weighted by Gasteiger charge is 2.21. The molecule has 0 spiro atoms. The van der Waals surface area contributed by atoms with Gasteiger partial charge in [0, 0.05) is 17.9 Å². The van der Waals surface area contributed by atoms with Crippen molar-refractivity contribution < 1.29 is 0 Å². The fourth-order valence-corrected chi connectivity index (χ4v) is 2.44. The van der Waals surface area contributed by atoms with Crippen LogP contribution in [-0.4, -0.2) is 4.98 Å². The van der Waals surface area contributed by atoms with Crippen molar-refractivity contribution in [3.05, 3.63) is 29.6 Å². The second kappa shape index (κ2) is 4.75. The summed E-state index contributed by atoms with van der Waals surface area (Å²) in [6.07, 6.45) is 8.59. The lowest BCUT2D eigenvalue weighted by Crippen LogP contribution is -2.23. The van der Waals surface area contributed by atoms with Crippen LogP contribution in [0.1, 0.15) is 49.4 Å². The molecule has 1 saturated carbocycles. The Balaban J connectivity index is 2.05. The molecule has 2 rings (SSSR count). The number of nitrogens with zero attached hydrogens (tertiary/aromatic N) is 1. The highest BCUT2D eigenvalue weighted by molar-refractivity contribution is 5.17. The predicted molar refractivity (Wildman–Crippen MR) is 62.5 cm³/mol. The smallest absolute Gasteiger partial charge is 0.0372 e. The molecule has 15 heavy (non-hydrogen) atoms. The number of pyridine rings is 1. The van der Waals surface area contributed by atoms with Gasteiger partial charge in [-0.05, 0) is 37.3 Å². The average molecular weight is 204 g/mol. The lowest BCUT2D eigenvalue weighted by molar-refractivity contribution is 0.308. The number of aryl methyl sites for hydroxylation is 1. The van der Waals surface area contributed by atoms with Gasteiger partial charge in [0.15, 0.2) is 0 Å². The zero-order chi connectivity index (χ0) is 10.7. The lowest BCUT2D eigenvalue weighted by atomic mass is 9.82. The lowest BCUT2D eigenvalue weighted by Gasteiger charge is -2.27. The minimum Gasteiger partial charge on any atom is -0.324 e. The Kier molecular flexibility index (Phi) is 3.37. The minimum atomic E-state index is 0.193. The topological polar surface area (TPSA) is 38.9 Å². The van der Waals surface area contributed by atoms with Crippen molar-refractivity contribution in [3.8, 4) is 0 Å². The molecular weight excluding hydrogens is 184 g/mol. The van der Waals surface area contributed by atoms with Crippen LogP contribution in [0.25, 0.3) is 0 Å². The molecule has 0 bridgehead atoms. The Morgan fingerprint density at radius 1 is 1.27 bits per heavy atom. The van der Waals surface area contributed by atoms with Crippen LogP contribution in [-0.2, 0) is 0 Å². The van der Waals surface area contributed by atoms with Crippen LogP contribution in [0.2, 0.25) is 0 Å². The average Bonchev–Trinajstić information content (AvgIpc) is 2.30. The summed E-state index contributed by atoms with van der Waals surface area (Å²) >= 11 is 0. The van der Waals surface area contributed by atoms with Gasteiger partial charge in [0.05, 0.1) is 0 Å². The molecule has 1 fully saturated rings. The maximum Gasteiger partial charge on any atom is 0.0372 e. The molecule has 0 radical (unpaired) electrons. The van der Waals surface area contributed by atoms with Crippen LogP contribution in [0, 0.1) is 12.8 Å². The number of rotatable bonds is 2. The molecule has 1 unspecified atom stereocenters. The molecule has 1 aliphatic carbocycles. The van der Waals surface area contributed by atoms with Crippen molar-refractivity contribution >= 4 is 0 Å². The van der Waals surface area contributed by atoms with Crippen LogP contribution in [0.3, 0.4) is 0 Å². The summed E-state index contributed by atoms with van der Waals surface area (Å²) in [5.41, 5.74) is 8.55. The first-order valence-corrected chi connectivity index (χ1v) is 5.95. The first kappa shape index (κ1) is 10.6. The van der Waals surface area contributed by atoms with E-state index in [2.05, 4.69) is 17.1 Å². The number of hydrogen-bond donors (Lipinski definition) is 1. The summed E-state index contributed by atoms with van der Waals surface area (Å²) in [7, 11) is 0. The standard InChI is InChI=1S/C13H20N2/c1-10-7-8-12(9-15-10)13(14)11-5-3-2-4-6-11/h7-9,11,13H,2-6,14H2,1H3. The highest BCUT2D eigenvalue weighted by Crippen LogP contribution is 2.32. The molecule has 0 amide bonds. The van der Waals surface area contributed by atoms with Crippen molar-refractivity contribution in [2.75, 3.05) is 0 Å². The number of aromatic nitrogens is 1. The van der Waals surface area contributed by atoms with Crippen LogP contribution in [0.15, 0.2) is 18.3 Å². The van der Waals surface area contributed by atoms with Crippen LogP contribution < -0.4 is 5.73 Å². The maximum atomic E-state index is 6.28. The van der Waals surface area contributed by atoms with Gasteiger partial charge in [0.25, 0.3) is 0 Å². The third-order valence-corrected chi connectivity index (χ3v) is 3.48. The maximum absolute atomic E-state index is 6.28. The Morgan fingerprint density at radius 2 is 2.00 bits per heavy atom. The predicted octanol–water partition coefficient (Wildman–Crippen LogP) is 2.97. The fourth-order valence-electron chi connectivity index (χ4n) is 2.44. The molecule has 1 aromatic rings. The van der Waals surface area contributed by atoms with Crippen molar-refractivity contribution in [2.45, 2.75) is 45.1 Å². The second-order valence-electron chi connectivity index (χ2n) is 4.66. The normalized spacial score (nSPS) is 20.1. The van der Waals surface area contributed by atoms with E-state index in [-0.39, 0.29) is 6.04 Å². The molecule has 82 valence electrons. The molecule has 2 heteroatoms. The fraction of sp³-hybridized carbons (Fsp3) is 0.615. The van der Waals surface area contributed by atoms with Crippen molar-refractivity contribution in [1.29, 1.82) is 0 Å². The zero-order valence-electron chi connectivity index (χ0n) is 9.45. The summed E-state index contributed by atoms with van der Waals surface area (Å²) in [6, 6.07) is 4.37. The molecule has 0 saturated heterocycles. The molecule has 1 heterocycles. The van der Waals surface area contributed by atoms with Gasteiger partial charge in [-0.25, -0.2) is 0 Å². The largest absolute Gasteiger partial charge is 0.324 e. The Hall–Kier alpha value is -0.890. The first-order valence-electron chi connectivity index (χ1n) is 5.95. The van der Waals surface area contributed by atoms with E-state index in [9.17, 15) is 0 Å². The van der Waals surface area contributed by atoms with Gasteiger partial charge < -0.3 is 5.73 Å². The molecule has 1 aliphatic rings. The zero-order valence-corrected chi connectivity index (χ0v) is 9.45. The molecule has 1 aromatic heterocycles. The molecule has 2 nitrogen and oxygen atoms in total. The van der Waals surface area contributed by atoms with E-state index in [0.717, 1.165) is 5.69 Å². The van der Waals surface area contributed by atoms with E-state index < -0.39 is 0 Å². The summed E-state index contributed by atoms with van der Waals surface area (Å²) in [6.45, 7) is 2.01. The third-order valence-electron chi connectivity index (χ3n) is 3.48. The van der Waals surface area contributed by atoms with Gasteiger partial charge in [0.1, 0.15) is 0 Å². The van der Waals surface area contributed by atoms with E-state index in [4.69, 9.17) is 5.73 Å². The first-order chi connectivity index (χ1) is 7.27. The molecule has 1 atom stereocenters.